The number of aliphatic hydroxyl groups excluding tert-OH is 1. The Kier molecular flexibility index (Phi) is 4.40. The monoisotopic (exact) mass is 344 g/mol. The first kappa shape index (κ1) is 16.6. The van der Waals surface area contributed by atoms with E-state index in [-0.39, 0.29) is 12.6 Å². The number of hydrogen-bond donors (Lipinski definition) is 1. The number of aromatic nitrogens is 1. The maximum absolute atomic E-state index is 14.0. The number of benzene rings is 1. The van der Waals surface area contributed by atoms with E-state index in [0.29, 0.717) is 18.4 Å². The van der Waals surface area contributed by atoms with Crippen molar-refractivity contribution in [1.29, 1.82) is 0 Å². The number of aliphatic hydroxyl groups is 1. The molecule has 0 aliphatic heterocycles. The maximum atomic E-state index is 14.0. The molecule has 3 rings (SSSR count). The van der Waals surface area contributed by atoms with Gasteiger partial charge in [0.1, 0.15) is 11.5 Å². The van der Waals surface area contributed by atoms with Crippen molar-refractivity contribution < 1.29 is 27.1 Å². The van der Waals surface area contributed by atoms with Gasteiger partial charge in [-0.25, -0.2) is 4.39 Å². The van der Waals surface area contributed by atoms with Crippen LogP contribution < -0.4 is 4.90 Å². The molecule has 1 saturated carbocycles. The van der Waals surface area contributed by atoms with E-state index in [1.54, 1.807) is 0 Å². The van der Waals surface area contributed by atoms with E-state index in [1.807, 2.05) is 0 Å². The van der Waals surface area contributed by atoms with E-state index in [2.05, 4.69) is 4.98 Å². The minimum atomic E-state index is -1.74. The lowest BCUT2D eigenvalue weighted by Crippen LogP contribution is -2.33. The van der Waals surface area contributed by atoms with E-state index in [9.17, 15) is 27.1 Å². The zero-order chi connectivity index (χ0) is 17.4. The molecular weight excluding hydrogens is 331 g/mol. The first-order valence-electron chi connectivity index (χ1n) is 7.28. The predicted molar refractivity (Wildman–Crippen MR) is 75.8 cm³/mol. The van der Waals surface area contributed by atoms with E-state index in [1.165, 1.54) is 12.1 Å². The van der Waals surface area contributed by atoms with Crippen LogP contribution >= 0.6 is 0 Å². The first-order valence-corrected chi connectivity index (χ1v) is 7.28. The Morgan fingerprint density at radius 2 is 1.54 bits per heavy atom. The van der Waals surface area contributed by atoms with Crippen LogP contribution in [0, 0.1) is 29.3 Å². The molecule has 0 saturated heterocycles. The number of pyridine rings is 1. The van der Waals surface area contributed by atoms with Gasteiger partial charge in [-0.1, -0.05) is 12.1 Å². The third-order valence-corrected chi connectivity index (χ3v) is 3.87. The summed E-state index contributed by atoms with van der Waals surface area (Å²) in [5.41, 5.74) is -0.568. The van der Waals surface area contributed by atoms with Crippen LogP contribution in [0.4, 0.5) is 27.6 Å². The van der Waals surface area contributed by atoms with Gasteiger partial charge < -0.3 is 10.0 Å². The fourth-order valence-corrected chi connectivity index (χ4v) is 2.51. The minimum Gasteiger partial charge on any atom is -0.387 e. The van der Waals surface area contributed by atoms with Gasteiger partial charge in [-0.15, -0.1) is 0 Å². The fourth-order valence-electron chi connectivity index (χ4n) is 2.51. The number of halogens is 5. The topological polar surface area (TPSA) is 36.4 Å². The lowest BCUT2D eigenvalue weighted by Gasteiger charge is -2.28. The molecule has 1 aliphatic rings. The van der Waals surface area contributed by atoms with Gasteiger partial charge in [0.15, 0.2) is 0 Å². The summed E-state index contributed by atoms with van der Waals surface area (Å²) >= 11 is 0. The molecular formula is C16H13F5N2O. The minimum absolute atomic E-state index is 0.299. The summed E-state index contributed by atoms with van der Waals surface area (Å²) in [6, 6.07) is 4.57. The normalized spacial score (nSPS) is 15.4. The summed E-state index contributed by atoms with van der Waals surface area (Å²) in [5.74, 6) is -7.20. The highest BCUT2D eigenvalue weighted by Gasteiger charge is 2.36. The van der Waals surface area contributed by atoms with Crippen LogP contribution in [-0.2, 0) is 0 Å². The van der Waals surface area contributed by atoms with Crippen LogP contribution in [0.15, 0.2) is 24.3 Å². The van der Waals surface area contributed by atoms with Crippen LogP contribution in [0.1, 0.15) is 24.5 Å². The fraction of sp³-hybridized carbons (Fsp3) is 0.312. The smallest absolute Gasteiger partial charge is 0.253 e. The maximum Gasteiger partial charge on any atom is 0.253 e. The van der Waals surface area contributed by atoms with Gasteiger partial charge >= 0.3 is 0 Å². The summed E-state index contributed by atoms with van der Waals surface area (Å²) in [6.45, 7) is -0.299. The van der Waals surface area contributed by atoms with Gasteiger partial charge in [-0.05, 0) is 30.5 Å². The van der Waals surface area contributed by atoms with E-state index >= 15 is 0 Å². The van der Waals surface area contributed by atoms with Crippen LogP contribution in [0.2, 0.25) is 0 Å². The lowest BCUT2D eigenvalue weighted by molar-refractivity contribution is 0.182. The van der Waals surface area contributed by atoms with Crippen LogP contribution in [0.25, 0.3) is 0 Å². The highest BCUT2D eigenvalue weighted by Crippen LogP contribution is 2.37. The third kappa shape index (κ3) is 3.19. The molecule has 1 aromatic carbocycles. The van der Waals surface area contributed by atoms with Gasteiger partial charge in [-0.3, -0.25) is 0 Å². The van der Waals surface area contributed by atoms with Crippen molar-refractivity contribution in [1.82, 2.24) is 4.98 Å². The summed E-state index contributed by atoms with van der Waals surface area (Å²) in [7, 11) is 0. The second-order valence-corrected chi connectivity index (χ2v) is 5.62. The van der Waals surface area contributed by atoms with Crippen molar-refractivity contribution in [3.05, 3.63) is 59.2 Å². The second kappa shape index (κ2) is 6.35. The Morgan fingerprint density at radius 1 is 1.00 bits per heavy atom. The number of hydrogen-bond acceptors (Lipinski definition) is 3. The summed E-state index contributed by atoms with van der Waals surface area (Å²) in [5, 5.41) is 10.2. The molecule has 8 heteroatoms. The molecule has 128 valence electrons. The first-order chi connectivity index (χ1) is 11.4. The molecule has 1 N–H and O–H groups in total. The largest absolute Gasteiger partial charge is 0.387 e. The van der Waals surface area contributed by atoms with Gasteiger partial charge in [0.2, 0.25) is 11.6 Å². The molecule has 2 aromatic rings. The highest BCUT2D eigenvalue weighted by atomic mass is 19.2. The molecule has 24 heavy (non-hydrogen) atoms. The molecule has 3 nitrogen and oxygen atoms in total. The van der Waals surface area contributed by atoms with E-state index in [4.69, 9.17) is 0 Å². The molecule has 1 unspecified atom stereocenters. The zero-order valence-electron chi connectivity index (χ0n) is 12.3. The molecule has 1 aromatic heterocycles. The number of anilines is 1. The summed E-state index contributed by atoms with van der Waals surface area (Å²) in [6.07, 6.45) is -0.0782. The molecule has 1 atom stereocenters. The average molecular weight is 344 g/mol. The Labute approximate surface area is 134 Å². The van der Waals surface area contributed by atoms with Crippen LogP contribution in [0.5, 0.6) is 0 Å². The van der Waals surface area contributed by atoms with Crippen molar-refractivity contribution in [2.75, 3.05) is 11.4 Å². The predicted octanol–water partition coefficient (Wildman–Crippen LogP) is 3.48. The SMILES string of the molecule is OC(CN(c1c(F)c(F)nc(F)c1F)C1CC1)c1ccc(F)cc1. The van der Waals surface area contributed by atoms with Crippen molar-refractivity contribution >= 4 is 5.69 Å². The second-order valence-electron chi connectivity index (χ2n) is 5.62. The summed E-state index contributed by atoms with van der Waals surface area (Å²) < 4.78 is 67.6. The molecule has 0 amide bonds. The van der Waals surface area contributed by atoms with Crippen molar-refractivity contribution in [2.45, 2.75) is 25.0 Å². The highest BCUT2D eigenvalue weighted by molar-refractivity contribution is 5.51. The van der Waals surface area contributed by atoms with Gasteiger partial charge in [0, 0.05) is 12.6 Å². The number of nitrogens with zero attached hydrogens (tertiary/aromatic N) is 2. The van der Waals surface area contributed by atoms with Crippen LogP contribution in [0.3, 0.4) is 0 Å². The van der Waals surface area contributed by atoms with Gasteiger partial charge in [-0.2, -0.15) is 22.5 Å². The lowest BCUT2D eigenvalue weighted by atomic mass is 10.1. The molecule has 0 spiro atoms. The molecule has 1 fully saturated rings. The van der Waals surface area contributed by atoms with Gasteiger partial charge in [0.05, 0.1) is 6.10 Å². The number of rotatable bonds is 5. The molecule has 1 aliphatic carbocycles. The van der Waals surface area contributed by atoms with Crippen LogP contribution in [-0.4, -0.2) is 22.7 Å². The molecule has 0 radical (unpaired) electrons. The Hall–Kier alpha value is -2.22. The van der Waals surface area contributed by atoms with Crippen molar-refractivity contribution in [2.24, 2.45) is 0 Å². The standard InChI is InChI=1S/C16H13F5N2O/c17-9-3-1-8(2-4-9)11(24)7-23(10-5-6-10)14-12(18)15(20)22-16(21)13(14)19/h1-4,10-11,24H,5-7H2. The zero-order valence-corrected chi connectivity index (χ0v) is 12.3. The molecule has 0 bridgehead atoms. The van der Waals surface area contributed by atoms with Crippen molar-refractivity contribution in [3.63, 3.8) is 0 Å². The Morgan fingerprint density at radius 3 is 2.04 bits per heavy atom. The molecule has 1 heterocycles. The quantitative estimate of drug-likeness (QED) is 0.666. The van der Waals surface area contributed by atoms with Crippen molar-refractivity contribution in [3.8, 4) is 0 Å². The van der Waals surface area contributed by atoms with Gasteiger partial charge in [0.25, 0.3) is 11.9 Å². The third-order valence-electron chi connectivity index (χ3n) is 3.87. The van der Waals surface area contributed by atoms with E-state index < -0.39 is 41.1 Å². The Balaban J connectivity index is 1.93. The Bertz CT molecular complexity index is 723. The summed E-state index contributed by atoms with van der Waals surface area (Å²) in [4.78, 5) is 3.62. The van der Waals surface area contributed by atoms with E-state index in [0.717, 1.165) is 17.0 Å². The average Bonchev–Trinajstić information content (AvgIpc) is 3.37.